The summed E-state index contributed by atoms with van der Waals surface area (Å²) < 4.78 is 12.1. The Morgan fingerprint density at radius 1 is 0.963 bits per heavy atom. The van der Waals surface area contributed by atoms with Gasteiger partial charge in [0.2, 0.25) is 11.8 Å². The van der Waals surface area contributed by atoms with Gasteiger partial charge in [0, 0.05) is 0 Å². The Balaban J connectivity index is 1.52. The molecule has 2 aromatic carbocycles. The summed E-state index contributed by atoms with van der Waals surface area (Å²) >= 11 is 0. The van der Waals surface area contributed by atoms with E-state index in [9.17, 15) is 0 Å². The molecule has 0 aliphatic carbocycles. The predicted octanol–water partition coefficient (Wildman–Crippen LogP) is 3.27. The zero-order chi connectivity index (χ0) is 18.5. The predicted molar refractivity (Wildman–Crippen MR) is 102 cm³/mol. The van der Waals surface area contributed by atoms with Crippen LogP contribution in [0.1, 0.15) is 17.2 Å². The molecule has 3 N–H and O–H groups in total. The molecule has 0 saturated heterocycles. The summed E-state index contributed by atoms with van der Waals surface area (Å²) in [5.74, 6) is 0.477. The summed E-state index contributed by atoms with van der Waals surface area (Å²) in [6.45, 7) is 0.760. The van der Waals surface area contributed by atoms with Crippen LogP contribution in [0, 0.1) is 0 Å². The van der Waals surface area contributed by atoms with Crippen LogP contribution in [0.25, 0.3) is 11.2 Å². The fourth-order valence-corrected chi connectivity index (χ4v) is 2.76. The topological polar surface area (TPSA) is 98.9 Å². The third-order valence-corrected chi connectivity index (χ3v) is 4.11. The van der Waals surface area contributed by atoms with Crippen molar-refractivity contribution >= 4 is 17.1 Å². The molecule has 0 spiro atoms. The lowest BCUT2D eigenvalue weighted by Gasteiger charge is -2.19. The fourth-order valence-electron chi connectivity index (χ4n) is 2.76. The standard InChI is InChI=1S/C20H19N5O2/c21-20-24-18-17(22-13-23-18)19(25-20)27-12-16(15-9-5-2-6-10-15)26-11-14-7-3-1-4-8-14/h1-10,13,16H,11-12H2,(H3,21,22,23,24,25). The molecule has 2 heterocycles. The molecule has 0 bridgehead atoms. The smallest absolute Gasteiger partial charge is 0.245 e. The van der Waals surface area contributed by atoms with Crippen molar-refractivity contribution < 1.29 is 9.47 Å². The van der Waals surface area contributed by atoms with Gasteiger partial charge in [0.15, 0.2) is 5.65 Å². The van der Waals surface area contributed by atoms with E-state index in [0.29, 0.717) is 23.7 Å². The van der Waals surface area contributed by atoms with Gasteiger partial charge in [0.25, 0.3) is 0 Å². The first-order valence-electron chi connectivity index (χ1n) is 8.59. The molecule has 0 saturated carbocycles. The molecule has 0 fully saturated rings. The Morgan fingerprint density at radius 3 is 2.48 bits per heavy atom. The molecule has 0 radical (unpaired) electrons. The summed E-state index contributed by atoms with van der Waals surface area (Å²) in [4.78, 5) is 15.3. The molecular weight excluding hydrogens is 342 g/mol. The lowest BCUT2D eigenvalue weighted by molar-refractivity contribution is 0.00734. The van der Waals surface area contributed by atoms with Gasteiger partial charge in [-0.1, -0.05) is 60.7 Å². The van der Waals surface area contributed by atoms with Crippen molar-refractivity contribution in [1.82, 2.24) is 19.9 Å². The Bertz CT molecular complexity index is 1000. The fraction of sp³-hybridized carbons (Fsp3) is 0.150. The summed E-state index contributed by atoms with van der Waals surface area (Å²) in [5, 5.41) is 0. The van der Waals surface area contributed by atoms with Gasteiger partial charge in [0.1, 0.15) is 18.2 Å². The minimum atomic E-state index is -0.263. The first-order chi connectivity index (χ1) is 13.3. The molecule has 2 aromatic heterocycles. The molecule has 0 aliphatic rings. The van der Waals surface area contributed by atoms with Gasteiger partial charge >= 0.3 is 0 Å². The largest absolute Gasteiger partial charge is 0.473 e. The Morgan fingerprint density at radius 2 is 1.70 bits per heavy atom. The maximum Gasteiger partial charge on any atom is 0.245 e. The number of fused-ring (bicyclic) bond motifs is 1. The number of nitrogen functional groups attached to an aromatic ring is 1. The molecular formula is C20H19N5O2. The Labute approximate surface area is 156 Å². The molecule has 4 aromatic rings. The van der Waals surface area contributed by atoms with Crippen molar-refractivity contribution in [3.63, 3.8) is 0 Å². The van der Waals surface area contributed by atoms with E-state index >= 15 is 0 Å². The van der Waals surface area contributed by atoms with E-state index in [4.69, 9.17) is 15.2 Å². The number of rotatable bonds is 7. The van der Waals surface area contributed by atoms with Crippen molar-refractivity contribution in [1.29, 1.82) is 0 Å². The minimum Gasteiger partial charge on any atom is -0.473 e. The zero-order valence-electron chi connectivity index (χ0n) is 14.6. The summed E-state index contributed by atoms with van der Waals surface area (Å²) in [6.07, 6.45) is 1.27. The van der Waals surface area contributed by atoms with Crippen LogP contribution in [0.2, 0.25) is 0 Å². The highest BCUT2D eigenvalue weighted by molar-refractivity contribution is 5.76. The van der Waals surface area contributed by atoms with E-state index in [1.54, 1.807) is 0 Å². The lowest BCUT2D eigenvalue weighted by Crippen LogP contribution is -2.15. The van der Waals surface area contributed by atoms with Crippen molar-refractivity contribution in [2.45, 2.75) is 12.7 Å². The molecule has 1 atom stereocenters. The summed E-state index contributed by atoms with van der Waals surface area (Å²) in [6, 6.07) is 20.0. The summed E-state index contributed by atoms with van der Waals surface area (Å²) in [7, 11) is 0. The van der Waals surface area contributed by atoms with Crippen LogP contribution in [0.15, 0.2) is 67.0 Å². The van der Waals surface area contributed by atoms with E-state index in [0.717, 1.165) is 11.1 Å². The van der Waals surface area contributed by atoms with Crippen LogP contribution < -0.4 is 10.5 Å². The molecule has 0 aliphatic heterocycles. The van der Waals surface area contributed by atoms with Gasteiger partial charge in [-0.2, -0.15) is 9.97 Å². The molecule has 136 valence electrons. The number of ether oxygens (including phenoxy) is 2. The molecule has 4 rings (SSSR count). The van der Waals surface area contributed by atoms with Crippen LogP contribution >= 0.6 is 0 Å². The summed E-state index contributed by atoms with van der Waals surface area (Å²) in [5.41, 5.74) is 8.95. The molecule has 7 nitrogen and oxygen atoms in total. The first-order valence-corrected chi connectivity index (χ1v) is 8.59. The highest BCUT2D eigenvalue weighted by Crippen LogP contribution is 2.24. The normalized spacial score (nSPS) is 12.1. The van der Waals surface area contributed by atoms with E-state index < -0.39 is 0 Å². The highest BCUT2D eigenvalue weighted by Gasteiger charge is 2.16. The maximum absolute atomic E-state index is 6.13. The second-order valence-electron chi connectivity index (χ2n) is 6.00. The molecule has 0 amide bonds. The van der Waals surface area contributed by atoms with Crippen LogP contribution in [-0.4, -0.2) is 26.5 Å². The molecule has 7 heteroatoms. The second kappa shape index (κ2) is 7.84. The monoisotopic (exact) mass is 361 g/mol. The van der Waals surface area contributed by atoms with Gasteiger partial charge in [0.05, 0.1) is 12.9 Å². The van der Waals surface area contributed by atoms with Crippen LogP contribution in [0.3, 0.4) is 0 Å². The van der Waals surface area contributed by atoms with Gasteiger partial charge < -0.3 is 20.2 Å². The number of anilines is 1. The van der Waals surface area contributed by atoms with Crippen molar-refractivity contribution in [2.24, 2.45) is 0 Å². The highest BCUT2D eigenvalue weighted by atomic mass is 16.5. The van der Waals surface area contributed by atoms with Gasteiger partial charge in [-0.25, -0.2) is 4.98 Å². The second-order valence-corrected chi connectivity index (χ2v) is 6.00. The first kappa shape index (κ1) is 17.0. The third-order valence-electron chi connectivity index (χ3n) is 4.11. The third kappa shape index (κ3) is 4.04. The van der Waals surface area contributed by atoms with Gasteiger partial charge in [-0.05, 0) is 11.1 Å². The lowest BCUT2D eigenvalue weighted by atomic mass is 10.1. The van der Waals surface area contributed by atoms with E-state index in [2.05, 4.69) is 19.9 Å². The number of benzene rings is 2. The van der Waals surface area contributed by atoms with Crippen molar-refractivity contribution in [3.8, 4) is 5.88 Å². The average molecular weight is 361 g/mol. The van der Waals surface area contributed by atoms with Crippen LogP contribution in [0.4, 0.5) is 5.95 Å². The zero-order valence-corrected chi connectivity index (χ0v) is 14.6. The van der Waals surface area contributed by atoms with Crippen molar-refractivity contribution in [2.75, 3.05) is 12.3 Å². The Hall–Kier alpha value is -3.45. The number of aromatic nitrogens is 4. The van der Waals surface area contributed by atoms with E-state index in [1.165, 1.54) is 6.33 Å². The van der Waals surface area contributed by atoms with Crippen LogP contribution in [0.5, 0.6) is 5.88 Å². The number of nitrogens with two attached hydrogens (primary N) is 1. The van der Waals surface area contributed by atoms with Crippen LogP contribution in [-0.2, 0) is 11.3 Å². The Kier molecular flexibility index (Phi) is 4.93. The number of hydrogen-bond donors (Lipinski definition) is 2. The molecule has 27 heavy (non-hydrogen) atoms. The number of imidazole rings is 1. The number of H-pyrrole nitrogens is 1. The quantitative estimate of drug-likeness (QED) is 0.524. The average Bonchev–Trinajstić information content (AvgIpc) is 3.18. The number of hydrogen-bond acceptors (Lipinski definition) is 6. The van der Waals surface area contributed by atoms with E-state index in [-0.39, 0.29) is 18.7 Å². The molecule has 1 unspecified atom stereocenters. The minimum absolute atomic E-state index is 0.117. The SMILES string of the molecule is Nc1nc(OCC(OCc2ccccc2)c2ccccc2)c2[nH]cnc2n1. The number of nitrogens with zero attached hydrogens (tertiary/aromatic N) is 3. The maximum atomic E-state index is 6.13. The number of nitrogens with one attached hydrogen (secondary N) is 1. The number of aromatic amines is 1. The van der Waals surface area contributed by atoms with Gasteiger partial charge in [-0.3, -0.25) is 0 Å². The van der Waals surface area contributed by atoms with Crippen molar-refractivity contribution in [3.05, 3.63) is 78.1 Å². The van der Waals surface area contributed by atoms with E-state index in [1.807, 2.05) is 60.7 Å². The van der Waals surface area contributed by atoms with Gasteiger partial charge in [-0.15, -0.1) is 0 Å².